The molecule has 0 spiro atoms. The summed E-state index contributed by atoms with van der Waals surface area (Å²) in [5, 5.41) is 6.03. The Bertz CT molecular complexity index is 628. The van der Waals surface area contributed by atoms with Gasteiger partial charge in [-0.2, -0.15) is 0 Å². The van der Waals surface area contributed by atoms with E-state index in [1.54, 1.807) is 19.1 Å². The van der Waals surface area contributed by atoms with Crippen molar-refractivity contribution < 1.29 is 9.59 Å². The molecule has 4 atom stereocenters. The van der Waals surface area contributed by atoms with Crippen LogP contribution in [0.4, 0.5) is 0 Å². The fraction of sp³-hybridized carbons (Fsp3) is 0.545. The van der Waals surface area contributed by atoms with E-state index in [0.717, 1.165) is 12.8 Å². The summed E-state index contributed by atoms with van der Waals surface area (Å²) >= 11 is 0. The van der Waals surface area contributed by atoms with E-state index < -0.39 is 6.04 Å². The summed E-state index contributed by atoms with van der Waals surface area (Å²) < 4.78 is 0. The molecule has 1 aromatic carbocycles. The number of hydrogen-bond donors (Lipinski definition) is 3. The number of carbonyl (C=O) groups excluding carboxylic acids is 2. The van der Waals surface area contributed by atoms with Crippen LogP contribution in [0.2, 0.25) is 0 Å². The van der Waals surface area contributed by atoms with E-state index in [4.69, 9.17) is 5.73 Å². The van der Waals surface area contributed by atoms with Crippen LogP contribution >= 0.6 is 0 Å². The summed E-state index contributed by atoms with van der Waals surface area (Å²) in [7, 11) is 0. The molecule has 1 aromatic rings. The molecule has 27 heavy (non-hydrogen) atoms. The third-order valence-corrected chi connectivity index (χ3v) is 5.25. The van der Waals surface area contributed by atoms with E-state index in [2.05, 4.69) is 29.7 Å². The van der Waals surface area contributed by atoms with Crippen molar-refractivity contribution in [3.8, 4) is 0 Å². The van der Waals surface area contributed by atoms with Crippen LogP contribution in [0.25, 0.3) is 0 Å². The Balaban J connectivity index is 1.93. The molecule has 0 aliphatic heterocycles. The molecule has 0 bridgehead atoms. The van der Waals surface area contributed by atoms with Gasteiger partial charge in [0.25, 0.3) is 0 Å². The summed E-state index contributed by atoms with van der Waals surface area (Å²) in [6, 6.07) is 9.55. The number of nitrogens with one attached hydrogen (secondary N) is 2. The van der Waals surface area contributed by atoms with Crippen molar-refractivity contribution in [1.82, 2.24) is 10.6 Å². The lowest BCUT2D eigenvalue weighted by Crippen LogP contribution is -2.44. The Morgan fingerprint density at radius 1 is 1.22 bits per heavy atom. The molecular formula is C22H33N3O2. The Labute approximate surface area is 162 Å². The molecule has 0 radical (unpaired) electrons. The minimum Gasteiger partial charge on any atom is -0.350 e. The lowest BCUT2D eigenvalue weighted by atomic mass is 9.86. The molecular weight excluding hydrogens is 338 g/mol. The van der Waals surface area contributed by atoms with Gasteiger partial charge in [0.2, 0.25) is 11.8 Å². The number of carbonyl (C=O) groups is 2. The fourth-order valence-electron chi connectivity index (χ4n) is 3.46. The Kier molecular flexibility index (Phi) is 8.52. The van der Waals surface area contributed by atoms with E-state index in [0.29, 0.717) is 12.3 Å². The molecule has 1 aliphatic carbocycles. The van der Waals surface area contributed by atoms with Crippen LogP contribution in [-0.4, -0.2) is 29.9 Å². The fourth-order valence-corrected chi connectivity index (χ4v) is 3.46. The van der Waals surface area contributed by atoms with Crippen molar-refractivity contribution in [2.24, 2.45) is 11.7 Å². The quantitative estimate of drug-likeness (QED) is 0.614. The normalized spacial score (nSPS) is 22.2. The number of rotatable bonds is 8. The molecule has 4 N–H and O–H groups in total. The highest BCUT2D eigenvalue weighted by atomic mass is 16.2. The first-order chi connectivity index (χ1) is 13.0. The maximum absolute atomic E-state index is 12.3. The number of hydrogen-bond acceptors (Lipinski definition) is 3. The summed E-state index contributed by atoms with van der Waals surface area (Å²) in [5.41, 5.74) is 6.87. The van der Waals surface area contributed by atoms with Gasteiger partial charge in [-0.05, 0) is 44.1 Å². The highest BCUT2D eigenvalue weighted by Crippen LogP contribution is 2.23. The van der Waals surface area contributed by atoms with Crippen LogP contribution in [0.15, 0.2) is 42.5 Å². The highest BCUT2D eigenvalue weighted by Gasteiger charge is 2.22. The topological polar surface area (TPSA) is 84.2 Å². The first-order valence-corrected chi connectivity index (χ1v) is 10.0. The average Bonchev–Trinajstić information content (AvgIpc) is 2.66. The van der Waals surface area contributed by atoms with Crippen molar-refractivity contribution in [1.29, 1.82) is 0 Å². The van der Waals surface area contributed by atoms with E-state index >= 15 is 0 Å². The van der Waals surface area contributed by atoms with Crippen molar-refractivity contribution in [3.63, 3.8) is 0 Å². The zero-order valence-electron chi connectivity index (χ0n) is 16.5. The molecule has 1 aliphatic rings. The molecule has 2 rings (SSSR count). The molecule has 0 heterocycles. The number of benzene rings is 1. The van der Waals surface area contributed by atoms with Gasteiger partial charge in [-0.3, -0.25) is 9.59 Å². The third kappa shape index (κ3) is 7.55. The van der Waals surface area contributed by atoms with Crippen molar-refractivity contribution in [2.75, 3.05) is 0 Å². The van der Waals surface area contributed by atoms with Gasteiger partial charge in [0.05, 0.1) is 6.04 Å². The van der Waals surface area contributed by atoms with Gasteiger partial charge in [-0.1, -0.05) is 56.2 Å². The van der Waals surface area contributed by atoms with Crippen LogP contribution in [0.3, 0.4) is 0 Å². The average molecular weight is 372 g/mol. The number of aryl methyl sites for hydroxylation is 1. The van der Waals surface area contributed by atoms with Crippen molar-refractivity contribution in [3.05, 3.63) is 48.0 Å². The monoisotopic (exact) mass is 371 g/mol. The molecule has 2 amide bonds. The van der Waals surface area contributed by atoms with E-state index in [-0.39, 0.29) is 23.9 Å². The van der Waals surface area contributed by atoms with Crippen LogP contribution in [0.1, 0.15) is 51.5 Å². The molecule has 1 fully saturated rings. The van der Waals surface area contributed by atoms with Gasteiger partial charge in [-0.25, -0.2) is 0 Å². The van der Waals surface area contributed by atoms with E-state index in [1.165, 1.54) is 24.8 Å². The van der Waals surface area contributed by atoms with Crippen LogP contribution in [0.5, 0.6) is 0 Å². The molecule has 0 saturated heterocycles. The first kappa shape index (κ1) is 21.2. The predicted molar refractivity (Wildman–Crippen MR) is 109 cm³/mol. The van der Waals surface area contributed by atoms with Crippen LogP contribution in [0, 0.1) is 5.92 Å². The lowest BCUT2D eigenvalue weighted by Gasteiger charge is -2.29. The second-order valence-corrected chi connectivity index (χ2v) is 7.66. The largest absolute Gasteiger partial charge is 0.350 e. The van der Waals surface area contributed by atoms with Crippen molar-refractivity contribution in [2.45, 2.75) is 70.5 Å². The molecule has 5 nitrogen and oxygen atoms in total. The van der Waals surface area contributed by atoms with Gasteiger partial charge in [-0.15, -0.1) is 0 Å². The Morgan fingerprint density at radius 3 is 2.59 bits per heavy atom. The molecule has 5 heteroatoms. The highest BCUT2D eigenvalue weighted by molar-refractivity contribution is 5.88. The van der Waals surface area contributed by atoms with E-state index in [9.17, 15) is 9.59 Å². The van der Waals surface area contributed by atoms with Gasteiger partial charge in [0, 0.05) is 18.2 Å². The molecule has 2 unspecified atom stereocenters. The van der Waals surface area contributed by atoms with Gasteiger partial charge in [0.15, 0.2) is 0 Å². The van der Waals surface area contributed by atoms with Crippen LogP contribution < -0.4 is 16.4 Å². The predicted octanol–water partition coefficient (Wildman–Crippen LogP) is 2.70. The summed E-state index contributed by atoms with van der Waals surface area (Å²) in [5.74, 6) is 0.218. The second kappa shape index (κ2) is 10.9. The molecule has 1 saturated carbocycles. The maximum atomic E-state index is 12.3. The maximum Gasteiger partial charge on any atom is 0.243 e. The minimum absolute atomic E-state index is 0.0893. The lowest BCUT2D eigenvalue weighted by molar-refractivity contribution is -0.122. The number of amides is 2. The number of nitrogens with two attached hydrogens (primary N) is 1. The minimum atomic E-state index is -0.574. The molecule has 0 aromatic heterocycles. The Morgan fingerprint density at radius 2 is 1.93 bits per heavy atom. The summed E-state index contributed by atoms with van der Waals surface area (Å²) in [6.45, 7) is 3.85. The van der Waals surface area contributed by atoms with E-state index in [1.807, 2.05) is 18.2 Å². The third-order valence-electron chi connectivity index (χ3n) is 5.25. The van der Waals surface area contributed by atoms with Gasteiger partial charge < -0.3 is 16.4 Å². The van der Waals surface area contributed by atoms with Crippen molar-refractivity contribution >= 4 is 11.8 Å². The summed E-state index contributed by atoms with van der Waals surface area (Å²) in [6.07, 6.45) is 9.49. The zero-order valence-corrected chi connectivity index (χ0v) is 16.5. The zero-order chi connectivity index (χ0) is 19.6. The smallest absolute Gasteiger partial charge is 0.243 e. The van der Waals surface area contributed by atoms with Gasteiger partial charge in [0.1, 0.15) is 0 Å². The first-order valence-electron chi connectivity index (χ1n) is 10.0. The summed E-state index contributed by atoms with van der Waals surface area (Å²) in [4.78, 5) is 24.3. The SMILES string of the molecule is CC1CCCCC1NC(=O)/C=C/[C@H](CCc1ccccc1)NC(=O)[C@H](C)N. The van der Waals surface area contributed by atoms with Crippen LogP contribution in [-0.2, 0) is 16.0 Å². The second-order valence-electron chi connectivity index (χ2n) is 7.66. The van der Waals surface area contributed by atoms with Gasteiger partial charge >= 0.3 is 0 Å². The Hall–Kier alpha value is -2.14. The molecule has 148 valence electrons. The standard InChI is InChI=1S/C22H33N3O2/c1-16-8-6-7-11-20(16)25-21(26)15-14-19(24-22(27)17(2)23)13-12-18-9-4-3-5-10-18/h3-5,9-10,14-17,19-20H,6-8,11-13,23H2,1-2H3,(H,24,27)(H,25,26)/b15-14+/t16?,17-,19-,20?/m0/s1.